The molecule has 2 aliphatic rings. The second-order valence-corrected chi connectivity index (χ2v) is 5.62. The minimum Gasteiger partial charge on any atom is -0.312 e. The number of carbonyl (C=O) groups excluding carboxylic acids is 2. The van der Waals surface area contributed by atoms with E-state index in [0.29, 0.717) is 6.54 Å². The number of likely N-dealkylation sites (tertiary alicyclic amines) is 1. The fourth-order valence-corrected chi connectivity index (χ4v) is 2.72. The van der Waals surface area contributed by atoms with Crippen LogP contribution in [-0.2, 0) is 9.59 Å². The molecule has 4 nitrogen and oxygen atoms in total. The van der Waals surface area contributed by atoms with Crippen molar-refractivity contribution in [2.45, 2.75) is 26.8 Å². The van der Waals surface area contributed by atoms with Crippen LogP contribution in [0.1, 0.15) is 20.8 Å². The maximum atomic E-state index is 11.9. The maximum Gasteiger partial charge on any atom is 0.234 e. The zero-order valence-corrected chi connectivity index (χ0v) is 9.70. The van der Waals surface area contributed by atoms with E-state index in [9.17, 15) is 9.59 Å². The lowest BCUT2D eigenvalue weighted by Gasteiger charge is -2.30. The molecule has 2 heterocycles. The van der Waals surface area contributed by atoms with Gasteiger partial charge in [0.1, 0.15) is 0 Å². The summed E-state index contributed by atoms with van der Waals surface area (Å²) in [5.41, 5.74) is 0.0144. The van der Waals surface area contributed by atoms with Crippen LogP contribution in [0.4, 0.5) is 0 Å². The highest BCUT2D eigenvalue weighted by Crippen LogP contribution is 2.39. The average molecular weight is 210 g/mol. The first-order chi connectivity index (χ1) is 6.84. The van der Waals surface area contributed by atoms with Gasteiger partial charge in [-0.25, -0.2) is 0 Å². The van der Waals surface area contributed by atoms with E-state index in [1.54, 1.807) is 7.05 Å². The Morgan fingerprint density at radius 1 is 1.27 bits per heavy atom. The fourth-order valence-electron chi connectivity index (χ4n) is 2.72. The van der Waals surface area contributed by atoms with Crippen LogP contribution in [0.3, 0.4) is 0 Å². The van der Waals surface area contributed by atoms with Gasteiger partial charge in [0.25, 0.3) is 0 Å². The Morgan fingerprint density at radius 3 is 2.40 bits per heavy atom. The summed E-state index contributed by atoms with van der Waals surface area (Å²) in [6.07, 6.45) is 0. The molecule has 84 valence electrons. The van der Waals surface area contributed by atoms with E-state index >= 15 is 0 Å². The summed E-state index contributed by atoms with van der Waals surface area (Å²) in [4.78, 5) is 24.9. The van der Waals surface area contributed by atoms with Crippen molar-refractivity contribution in [2.75, 3.05) is 13.6 Å². The molecule has 3 atom stereocenters. The Hall–Kier alpha value is -0.900. The number of carbonyl (C=O) groups is 2. The molecule has 0 aromatic heterocycles. The van der Waals surface area contributed by atoms with Crippen molar-refractivity contribution in [1.82, 2.24) is 10.2 Å². The van der Waals surface area contributed by atoms with Gasteiger partial charge in [0.2, 0.25) is 11.8 Å². The maximum absolute atomic E-state index is 11.9. The van der Waals surface area contributed by atoms with Crippen molar-refractivity contribution >= 4 is 11.8 Å². The highest BCUT2D eigenvalue weighted by atomic mass is 16.2. The monoisotopic (exact) mass is 210 g/mol. The third-order valence-corrected chi connectivity index (χ3v) is 3.55. The molecule has 2 aliphatic heterocycles. The molecular weight excluding hydrogens is 192 g/mol. The summed E-state index contributed by atoms with van der Waals surface area (Å²) in [5, 5.41) is 3.31. The second kappa shape index (κ2) is 3.04. The molecule has 0 unspecified atom stereocenters. The summed E-state index contributed by atoms with van der Waals surface area (Å²) in [6, 6.07) is 0.115. The topological polar surface area (TPSA) is 49.4 Å². The molecule has 0 spiro atoms. The summed E-state index contributed by atoms with van der Waals surface area (Å²) >= 11 is 0. The van der Waals surface area contributed by atoms with Crippen molar-refractivity contribution in [3.63, 3.8) is 0 Å². The van der Waals surface area contributed by atoms with Gasteiger partial charge in [0.05, 0.1) is 11.8 Å². The van der Waals surface area contributed by atoms with Gasteiger partial charge in [-0.3, -0.25) is 14.5 Å². The van der Waals surface area contributed by atoms with Gasteiger partial charge in [-0.1, -0.05) is 20.8 Å². The molecule has 2 rings (SSSR count). The fraction of sp³-hybridized carbons (Fsp3) is 0.818. The first kappa shape index (κ1) is 10.6. The van der Waals surface area contributed by atoms with Gasteiger partial charge in [0, 0.05) is 19.6 Å². The number of imide groups is 1. The smallest absolute Gasteiger partial charge is 0.234 e. The van der Waals surface area contributed by atoms with Crippen molar-refractivity contribution < 1.29 is 9.59 Å². The Labute approximate surface area is 90.0 Å². The lowest BCUT2D eigenvalue weighted by molar-refractivity contribution is -0.139. The van der Waals surface area contributed by atoms with Crippen LogP contribution in [0.5, 0.6) is 0 Å². The molecule has 1 N–H and O–H groups in total. The lowest BCUT2D eigenvalue weighted by Crippen LogP contribution is -2.44. The summed E-state index contributed by atoms with van der Waals surface area (Å²) in [7, 11) is 1.59. The average Bonchev–Trinajstić information content (AvgIpc) is 2.63. The van der Waals surface area contributed by atoms with Gasteiger partial charge in [-0.2, -0.15) is 0 Å². The number of hydrogen-bond acceptors (Lipinski definition) is 3. The van der Waals surface area contributed by atoms with Gasteiger partial charge in [0.15, 0.2) is 0 Å². The zero-order valence-electron chi connectivity index (χ0n) is 9.70. The minimum atomic E-state index is -0.150. The van der Waals surface area contributed by atoms with Crippen LogP contribution in [0.15, 0.2) is 0 Å². The van der Waals surface area contributed by atoms with E-state index in [1.807, 2.05) is 0 Å². The Bertz CT molecular complexity index is 319. The normalized spacial score (nSPS) is 36.3. The number of hydrogen-bond donors (Lipinski definition) is 1. The Kier molecular flexibility index (Phi) is 2.15. The number of fused-ring (bicyclic) bond motifs is 1. The van der Waals surface area contributed by atoms with Gasteiger partial charge in [-0.05, 0) is 5.41 Å². The molecule has 0 saturated carbocycles. The third kappa shape index (κ3) is 1.39. The molecule has 2 amide bonds. The number of amides is 2. The van der Waals surface area contributed by atoms with Crippen molar-refractivity contribution in [3.8, 4) is 0 Å². The summed E-state index contributed by atoms with van der Waals surface area (Å²) in [5.74, 6) is -0.326. The van der Waals surface area contributed by atoms with Crippen molar-refractivity contribution in [1.29, 1.82) is 0 Å². The molecule has 0 bridgehead atoms. The highest BCUT2D eigenvalue weighted by Gasteiger charge is 2.55. The van der Waals surface area contributed by atoms with Crippen LogP contribution in [-0.4, -0.2) is 36.3 Å². The van der Waals surface area contributed by atoms with E-state index in [4.69, 9.17) is 0 Å². The van der Waals surface area contributed by atoms with Crippen LogP contribution < -0.4 is 5.32 Å². The van der Waals surface area contributed by atoms with Gasteiger partial charge in [-0.15, -0.1) is 0 Å². The number of nitrogens with zero attached hydrogens (tertiary/aromatic N) is 1. The predicted octanol–water partition coefficient (Wildman–Crippen LogP) is 0.235. The summed E-state index contributed by atoms with van der Waals surface area (Å²) < 4.78 is 0. The van der Waals surface area contributed by atoms with Gasteiger partial charge >= 0.3 is 0 Å². The predicted molar refractivity (Wildman–Crippen MR) is 56.0 cm³/mol. The quantitative estimate of drug-likeness (QED) is 0.582. The van der Waals surface area contributed by atoms with E-state index in [0.717, 1.165) is 0 Å². The SMILES string of the molecule is CN1C(=O)[C@H]2[C@@H](CN[C@@H]2C(C)(C)C)C1=O. The molecule has 2 fully saturated rings. The molecule has 4 heteroatoms. The molecule has 2 saturated heterocycles. The third-order valence-electron chi connectivity index (χ3n) is 3.55. The summed E-state index contributed by atoms with van der Waals surface area (Å²) in [6.45, 7) is 6.94. The molecular formula is C11H18N2O2. The van der Waals surface area contributed by atoms with Crippen LogP contribution >= 0.6 is 0 Å². The zero-order chi connectivity index (χ0) is 11.4. The molecule has 0 radical (unpaired) electrons. The van der Waals surface area contributed by atoms with E-state index in [1.165, 1.54) is 4.90 Å². The van der Waals surface area contributed by atoms with E-state index in [2.05, 4.69) is 26.1 Å². The number of nitrogens with one attached hydrogen (secondary N) is 1. The lowest BCUT2D eigenvalue weighted by atomic mass is 9.78. The molecule has 0 aliphatic carbocycles. The van der Waals surface area contributed by atoms with Crippen LogP contribution in [0.25, 0.3) is 0 Å². The minimum absolute atomic E-state index is 0.0144. The first-order valence-corrected chi connectivity index (χ1v) is 5.39. The molecule has 0 aromatic rings. The van der Waals surface area contributed by atoms with Crippen LogP contribution in [0, 0.1) is 17.3 Å². The standard InChI is InChI=1S/C11H18N2O2/c1-11(2,3)8-7-6(5-12-8)9(14)13(4)10(7)15/h6-8,12H,5H2,1-4H3/t6-,7+,8+/m1/s1. The molecule has 15 heavy (non-hydrogen) atoms. The van der Waals surface area contributed by atoms with E-state index in [-0.39, 0.29) is 35.1 Å². The Morgan fingerprint density at radius 2 is 1.87 bits per heavy atom. The Balaban J connectivity index is 2.31. The van der Waals surface area contributed by atoms with Crippen molar-refractivity contribution in [3.05, 3.63) is 0 Å². The van der Waals surface area contributed by atoms with Gasteiger partial charge < -0.3 is 5.32 Å². The second-order valence-electron chi connectivity index (χ2n) is 5.62. The van der Waals surface area contributed by atoms with Crippen LogP contribution in [0.2, 0.25) is 0 Å². The number of rotatable bonds is 0. The van der Waals surface area contributed by atoms with Crippen molar-refractivity contribution in [2.24, 2.45) is 17.3 Å². The van der Waals surface area contributed by atoms with E-state index < -0.39 is 0 Å². The first-order valence-electron chi connectivity index (χ1n) is 5.39. The largest absolute Gasteiger partial charge is 0.312 e. The highest BCUT2D eigenvalue weighted by molar-refractivity contribution is 6.05. The molecule has 0 aromatic carbocycles.